The van der Waals surface area contributed by atoms with Crippen LogP contribution < -0.4 is 5.56 Å². The van der Waals surface area contributed by atoms with Crippen molar-refractivity contribution < 1.29 is 4.79 Å². The highest BCUT2D eigenvalue weighted by molar-refractivity contribution is 7.99. The van der Waals surface area contributed by atoms with E-state index < -0.39 is 0 Å². The Morgan fingerprint density at radius 3 is 2.47 bits per heavy atom. The fourth-order valence-corrected chi connectivity index (χ4v) is 5.57. The zero-order valence-electron chi connectivity index (χ0n) is 21.0. The zero-order chi connectivity index (χ0) is 25.4. The Hall–Kier alpha value is -3.65. The summed E-state index contributed by atoms with van der Waals surface area (Å²) < 4.78 is 5.67. The van der Waals surface area contributed by atoms with Gasteiger partial charge < -0.3 is 4.57 Å². The largest absolute Gasteiger partial charge is 0.348 e. The molecule has 0 saturated carbocycles. The molecule has 3 aromatic heterocycles. The first-order valence-electron chi connectivity index (χ1n) is 12.3. The molecule has 0 aliphatic rings. The number of benzene rings is 2. The summed E-state index contributed by atoms with van der Waals surface area (Å²) in [6.45, 7) is 9.17. The molecule has 0 N–H and O–H groups in total. The van der Waals surface area contributed by atoms with Gasteiger partial charge in [-0.05, 0) is 62.6 Å². The second kappa shape index (κ2) is 9.78. The third kappa shape index (κ3) is 4.05. The van der Waals surface area contributed by atoms with Gasteiger partial charge in [0, 0.05) is 23.5 Å². The van der Waals surface area contributed by atoms with E-state index in [-0.39, 0.29) is 17.1 Å². The lowest BCUT2D eigenvalue weighted by Gasteiger charge is -2.12. The number of carbonyl (C=O) groups excluding carboxylic acids is 1. The molecule has 184 valence electrons. The second-order valence-electron chi connectivity index (χ2n) is 8.94. The molecule has 5 rings (SSSR count). The van der Waals surface area contributed by atoms with Crippen LogP contribution in [0.4, 0.5) is 0 Å². The average Bonchev–Trinajstić information content (AvgIpc) is 3.44. The number of aryl methyl sites for hydroxylation is 2. The maximum Gasteiger partial charge on any atom is 0.267 e. The lowest BCUT2D eigenvalue weighted by Crippen LogP contribution is -2.21. The van der Waals surface area contributed by atoms with Crippen LogP contribution in [0.2, 0.25) is 0 Å². The van der Waals surface area contributed by atoms with Crippen molar-refractivity contribution in [3.8, 4) is 5.69 Å². The average molecular weight is 500 g/mol. The predicted molar refractivity (Wildman–Crippen MR) is 145 cm³/mol. The Balaban J connectivity index is 1.57. The quantitative estimate of drug-likeness (QED) is 0.211. The molecular formula is C28H29N5O2S. The Kier molecular flexibility index (Phi) is 6.53. The molecule has 0 fully saturated rings. The molecule has 2 aromatic carbocycles. The molecule has 0 aliphatic carbocycles. The van der Waals surface area contributed by atoms with Crippen molar-refractivity contribution in [2.24, 2.45) is 0 Å². The summed E-state index contributed by atoms with van der Waals surface area (Å²) in [5, 5.41) is 9.95. The van der Waals surface area contributed by atoms with Crippen LogP contribution in [-0.2, 0) is 13.0 Å². The number of hydrogen-bond donors (Lipinski definition) is 0. The molecule has 5 aromatic rings. The van der Waals surface area contributed by atoms with Gasteiger partial charge in [0.15, 0.2) is 10.9 Å². The van der Waals surface area contributed by atoms with E-state index in [1.807, 2.05) is 72.8 Å². The summed E-state index contributed by atoms with van der Waals surface area (Å²) in [6, 6.07) is 17.3. The summed E-state index contributed by atoms with van der Waals surface area (Å²) in [7, 11) is 0. The Bertz CT molecular complexity index is 1640. The molecule has 0 aliphatic heterocycles. The molecule has 0 amide bonds. The summed E-state index contributed by atoms with van der Waals surface area (Å²) in [4.78, 5) is 26.7. The number of hydrogen-bond acceptors (Lipinski definition) is 5. The van der Waals surface area contributed by atoms with E-state index in [1.54, 1.807) is 4.57 Å². The monoisotopic (exact) mass is 499 g/mol. The molecule has 0 unspecified atom stereocenters. The number of para-hydroxylation sites is 1. The molecule has 0 radical (unpaired) electrons. The standard InChI is InChI=1S/C28H29N5O2S/c1-5-15-31-18(3)16-23(19(31)4)25(34)17-36-28-30-29-27-32(21-13-11-20(6-2)12-14-21)26(35)22-9-7-8-10-24(22)33(27)28/h7-14,16H,5-6,15,17H2,1-4H3. The lowest BCUT2D eigenvalue weighted by molar-refractivity contribution is 0.102. The summed E-state index contributed by atoms with van der Waals surface area (Å²) in [5.41, 5.74) is 5.35. The highest BCUT2D eigenvalue weighted by Gasteiger charge is 2.20. The van der Waals surface area contributed by atoms with E-state index in [9.17, 15) is 9.59 Å². The van der Waals surface area contributed by atoms with Gasteiger partial charge in [-0.3, -0.25) is 14.0 Å². The van der Waals surface area contributed by atoms with Crippen LogP contribution in [0.5, 0.6) is 0 Å². The number of carbonyl (C=O) groups is 1. The maximum atomic E-state index is 13.5. The van der Waals surface area contributed by atoms with E-state index >= 15 is 0 Å². The van der Waals surface area contributed by atoms with Crippen LogP contribution in [-0.4, -0.2) is 35.3 Å². The van der Waals surface area contributed by atoms with E-state index in [1.165, 1.54) is 17.3 Å². The highest BCUT2D eigenvalue weighted by atomic mass is 32.2. The Morgan fingerprint density at radius 1 is 1.00 bits per heavy atom. The first-order valence-corrected chi connectivity index (χ1v) is 13.2. The van der Waals surface area contributed by atoms with Gasteiger partial charge in [-0.25, -0.2) is 4.57 Å². The van der Waals surface area contributed by atoms with Crippen molar-refractivity contribution in [2.75, 3.05) is 5.75 Å². The van der Waals surface area contributed by atoms with Crippen molar-refractivity contribution in [3.05, 3.63) is 87.5 Å². The molecule has 0 bridgehead atoms. The zero-order valence-corrected chi connectivity index (χ0v) is 21.8. The van der Waals surface area contributed by atoms with E-state index in [0.717, 1.165) is 47.5 Å². The van der Waals surface area contributed by atoms with Crippen LogP contribution >= 0.6 is 11.8 Å². The molecule has 0 saturated heterocycles. The van der Waals surface area contributed by atoms with Crippen LogP contribution in [0.25, 0.3) is 22.4 Å². The minimum Gasteiger partial charge on any atom is -0.348 e. The van der Waals surface area contributed by atoms with E-state index in [2.05, 4.69) is 28.6 Å². The first-order chi connectivity index (χ1) is 17.4. The normalized spacial score (nSPS) is 11.6. The summed E-state index contributed by atoms with van der Waals surface area (Å²) >= 11 is 1.34. The minimum absolute atomic E-state index is 0.0555. The first kappa shape index (κ1) is 24.1. The SMILES string of the molecule is CCCn1c(C)cc(C(=O)CSc2nnc3n(-c4ccc(CC)cc4)c(=O)c4ccccc4n23)c1C. The fourth-order valence-electron chi connectivity index (χ4n) is 4.74. The van der Waals surface area contributed by atoms with Gasteiger partial charge in [-0.2, -0.15) is 0 Å². The molecule has 8 heteroatoms. The van der Waals surface area contributed by atoms with Crippen molar-refractivity contribution >= 4 is 34.2 Å². The maximum absolute atomic E-state index is 13.5. The predicted octanol–water partition coefficient (Wildman–Crippen LogP) is 5.40. The molecular weight excluding hydrogens is 470 g/mol. The van der Waals surface area contributed by atoms with Crippen molar-refractivity contribution in [1.82, 2.24) is 23.7 Å². The van der Waals surface area contributed by atoms with Crippen LogP contribution in [0.1, 0.15) is 47.6 Å². The third-order valence-corrected chi connectivity index (χ3v) is 7.58. The Morgan fingerprint density at radius 2 is 1.75 bits per heavy atom. The molecule has 0 atom stereocenters. The van der Waals surface area contributed by atoms with Gasteiger partial charge in [-0.15, -0.1) is 10.2 Å². The van der Waals surface area contributed by atoms with E-state index in [4.69, 9.17) is 0 Å². The fraction of sp³-hybridized carbons (Fsp3) is 0.286. The topological polar surface area (TPSA) is 74.2 Å². The van der Waals surface area contributed by atoms with Gasteiger partial charge >= 0.3 is 0 Å². The molecule has 0 spiro atoms. The van der Waals surface area contributed by atoms with Crippen LogP contribution in [0.3, 0.4) is 0 Å². The third-order valence-electron chi connectivity index (χ3n) is 6.65. The van der Waals surface area contributed by atoms with Gasteiger partial charge in [0.2, 0.25) is 5.78 Å². The minimum atomic E-state index is -0.147. The smallest absolute Gasteiger partial charge is 0.267 e. The Labute approximate surface area is 213 Å². The van der Waals surface area contributed by atoms with Gasteiger partial charge in [0.25, 0.3) is 5.56 Å². The number of nitrogens with zero attached hydrogens (tertiary/aromatic N) is 5. The number of rotatable bonds is 8. The van der Waals surface area contributed by atoms with Gasteiger partial charge in [0.1, 0.15) is 0 Å². The summed E-state index contributed by atoms with van der Waals surface area (Å²) in [5.74, 6) is 0.717. The van der Waals surface area contributed by atoms with Crippen molar-refractivity contribution in [2.45, 2.75) is 52.2 Å². The van der Waals surface area contributed by atoms with Crippen LogP contribution in [0.15, 0.2) is 64.5 Å². The van der Waals surface area contributed by atoms with Crippen LogP contribution in [0, 0.1) is 13.8 Å². The van der Waals surface area contributed by atoms with Gasteiger partial charge in [-0.1, -0.05) is 49.9 Å². The number of thioether (sulfide) groups is 1. The number of ketones is 1. The molecule has 7 nitrogen and oxygen atoms in total. The lowest BCUT2D eigenvalue weighted by atomic mass is 10.1. The summed E-state index contributed by atoms with van der Waals surface area (Å²) in [6.07, 6.45) is 1.93. The number of Topliss-reactive ketones (excluding diaryl/α,β-unsaturated/α-hetero) is 1. The number of fused-ring (bicyclic) bond motifs is 3. The molecule has 36 heavy (non-hydrogen) atoms. The highest BCUT2D eigenvalue weighted by Crippen LogP contribution is 2.25. The van der Waals surface area contributed by atoms with Crippen molar-refractivity contribution in [1.29, 1.82) is 0 Å². The second-order valence-corrected chi connectivity index (χ2v) is 9.89. The van der Waals surface area contributed by atoms with Gasteiger partial charge in [0.05, 0.1) is 22.3 Å². The molecule has 3 heterocycles. The van der Waals surface area contributed by atoms with E-state index in [0.29, 0.717) is 16.3 Å². The number of aromatic nitrogens is 5. The van der Waals surface area contributed by atoms with Crippen molar-refractivity contribution in [3.63, 3.8) is 0 Å².